The van der Waals surface area contributed by atoms with Crippen molar-refractivity contribution < 1.29 is 4.39 Å². The van der Waals surface area contributed by atoms with Gasteiger partial charge in [0.05, 0.1) is 0 Å². The molecule has 0 amide bonds. The lowest BCUT2D eigenvalue weighted by Gasteiger charge is -2.14. The number of rotatable bonds is 4. The molecule has 0 aliphatic carbocycles. The lowest BCUT2D eigenvalue weighted by molar-refractivity contribution is 0.444. The van der Waals surface area contributed by atoms with Crippen LogP contribution in [-0.4, -0.2) is 13.2 Å². The molecule has 78 valence electrons. The summed E-state index contributed by atoms with van der Waals surface area (Å²) in [7, 11) is 0. The van der Waals surface area contributed by atoms with Crippen LogP contribution in [0, 0.1) is 0 Å². The molecule has 0 aliphatic heterocycles. The van der Waals surface area contributed by atoms with Crippen molar-refractivity contribution in [1.82, 2.24) is 5.32 Å². The van der Waals surface area contributed by atoms with E-state index in [4.69, 9.17) is 23.2 Å². The van der Waals surface area contributed by atoms with Crippen molar-refractivity contribution in [3.63, 3.8) is 0 Å². The van der Waals surface area contributed by atoms with Crippen molar-refractivity contribution in [1.29, 1.82) is 0 Å². The van der Waals surface area contributed by atoms with Gasteiger partial charge < -0.3 is 5.32 Å². The van der Waals surface area contributed by atoms with Crippen molar-refractivity contribution in [2.24, 2.45) is 0 Å². The minimum Gasteiger partial charge on any atom is -0.308 e. The number of halogens is 3. The molecule has 0 fully saturated rings. The number of hydrogen-bond acceptors (Lipinski definition) is 1. The Morgan fingerprint density at radius 3 is 2.71 bits per heavy atom. The van der Waals surface area contributed by atoms with E-state index in [2.05, 4.69) is 5.32 Å². The van der Waals surface area contributed by atoms with E-state index in [1.54, 1.807) is 12.1 Å². The van der Waals surface area contributed by atoms with Gasteiger partial charge in [-0.2, -0.15) is 0 Å². The van der Waals surface area contributed by atoms with Crippen molar-refractivity contribution in [2.45, 2.75) is 13.0 Å². The van der Waals surface area contributed by atoms with E-state index in [1.807, 2.05) is 13.0 Å². The topological polar surface area (TPSA) is 12.0 Å². The zero-order chi connectivity index (χ0) is 10.6. The third kappa shape index (κ3) is 3.12. The molecule has 0 radical (unpaired) electrons. The molecular weight excluding hydrogens is 224 g/mol. The summed E-state index contributed by atoms with van der Waals surface area (Å²) in [6, 6.07) is 5.35. The average molecular weight is 236 g/mol. The zero-order valence-electron chi connectivity index (χ0n) is 7.86. The second-order valence-electron chi connectivity index (χ2n) is 3.03. The molecule has 4 heteroatoms. The van der Waals surface area contributed by atoms with Gasteiger partial charge in [0.2, 0.25) is 0 Å². The van der Waals surface area contributed by atoms with Gasteiger partial charge in [-0.1, -0.05) is 29.3 Å². The molecular formula is C10H12Cl2FN. The molecule has 1 aromatic rings. The fraction of sp³-hybridized carbons (Fsp3) is 0.400. The van der Waals surface area contributed by atoms with Gasteiger partial charge in [0, 0.05) is 22.6 Å². The Kier molecular flexibility index (Phi) is 4.66. The summed E-state index contributed by atoms with van der Waals surface area (Å²) in [5.41, 5.74) is 0.935. The van der Waals surface area contributed by atoms with Gasteiger partial charge in [-0.3, -0.25) is 0 Å². The first-order valence-electron chi connectivity index (χ1n) is 4.39. The van der Waals surface area contributed by atoms with Crippen LogP contribution in [0.5, 0.6) is 0 Å². The average Bonchev–Trinajstić information content (AvgIpc) is 2.14. The summed E-state index contributed by atoms with van der Waals surface area (Å²) in [6.07, 6.45) is 0. The van der Waals surface area contributed by atoms with Gasteiger partial charge in [0.1, 0.15) is 6.67 Å². The van der Waals surface area contributed by atoms with Gasteiger partial charge in [0.15, 0.2) is 0 Å². The number of benzene rings is 1. The lowest BCUT2D eigenvalue weighted by atomic mass is 10.1. The zero-order valence-corrected chi connectivity index (χ0v) is 9.37. The summed E-state index contributed by atoms with van der Waals surface area (Å²) in [4.78, 5) is 0. The van der Waals surface area contributed by atoms with E-state index >= 15 is 0 Å². The van der Waals surface area contributed by atoms with E-state index in [-0.39, 0.29) is 12.7 Å². The smallest absolute Gasteiger partial charge is 0.102 e. The molecule has 0 heterocycles. The summed E-state index contributed by atoms with van der Waals surface area (Å²) in [6.45, 7) is 1.89. The first-order chi connectivity index (χ1) is 6.65. The second-order valence-corrected chi connectivity index (χ2v) is 3.87. The van der Waals surface area contributed by atoms with Crippen LogP contribution in [0.15, 0.2) is 18.2 Å². The molecule has 1 nitrogen and oxygen atoms in total. The van der Waals surface area contributed by atoms with Gasteiger partial charge in [-0.25, -0.2) is 4.39 Å². The number of hydrogen-bond donors (Lipinski definition) is 1. The Hall–Kier alpha value is -0.310. The SMILES string of the molecule is CC(NCCF)c1ccc(Cl)cc1Cl. The second kappa shape index (κ2) is 5.54. The maximum atomic E-state index is 11.9. The van der Waals surface area contributed by atoms with Crippen molar-refractivity contribution in [2.75, 3.05) is 13.2 Å². The highest BCUT2D eigenvalue weighted by Crippen LogP contribution is 2.25. The normalized spacial score (nSPS) is 12.9. The number of nitrogens with one attached hydrogen (secondary N) is 1. The molecule has 0 saturated carbocycles. The molecule has 0 aliphatic rings. The van der Waals surface area contributed by atoms with Crippen molar-refractivity contribution >= 4 is 23.2 Å². The van der Waals surface area contributed by atoms with Gasteiger partial charge in [-0.05, 0) is 24.6 Å². The Morgan fingerprint density at radius 1 is 1.43 bits per heavy atom. The van der Waals surface area contributed by atoms with Crippen LogP contribution in [-0.2, 0) is 0 Å². The van der Waals surface area contributed by atoms with Crippen LogP contribution in [0.2, 0.25) is 10.0 Å². The number of alkyl halides is 1. The van der Waals surface area contributed by atoms with E-state index in [9.17, 15) is 4.39 Å². The Balaban J connectivity index is 2.74. The highest BCUT2D eigenvalue weighted by atomic mass is 35.5. The minimum atomic E-state index is -0.379. The van der Waals surface area contributed by atoms with Crippen molar-refractivity contribution in [3.8, 4) is 0 Å². The van der Waals surface area contributed by atoms with Crippen LogP contribution in [0.1, 0.15) is 18.5 Å². The molecule has 0 bridgehead atoms. The van der Waals surface area contributed by atoms with Crippen LogP contribution in [0.3, 0.4) is 0 Å². The first-order valence-corrected chi connectivity index (χ1v) is 5.15. The molecule has 0 aromatic heterocycles. The van der Waals surface area contributed by atoms with Gasteiger partial charge in [-0.15, -0.1) is 0 Å². The standard InChI is InChI=1S/C10H12Cl2FN/c1-7(14-5-4-13)9-3-2-8(11)6-10(9)12/h2-3,6-7,14H,4-5H2,1H3. The molecule has 1 unspecified atom stereocenters. The molecule has 1 aromatic carbocycles. The fourth-order valence-corrected chi connectivity index (χ4v) is 1.81. The minimum absolute atomic E-state index is 0.0375. The predicted molar refractivity (Wildman–Crippen MR) is 58.9 cm³/mol. The van der Waals surface area contributed by atoms with Gasteiger partial charge in [0.25, 0.3) is 0 Å². The quantitative estimate of drug-likeness (QED) is 0.841. The highest BCUT2D eigenvalue weighted by molar-refractivity contribution is 6.35. The summed E-state index contributed by atoms with van der Waals surface area (Å²) in [5, 5.41) is 4.22. The summed E-state index contributed by atoms with van der Waals surface area (Å²) < 4.78 is 11.9. The van der Waals surface area contributed by atoms with Crippen LogP contribution in [0.4, 0.5) is 4.39 Å². The fourth-order valence-electron chi connectivity index (χ4n) is 1.23. The van der Waals surface area contributed by atoms with Crippen LogP contribution < -0.4 is 5.32 Å². The van der Waals surface area contributed by atoms with Crippen LogP contribution >= 0.6 is 23.2 Å². The van der Waals surface area contributed by atoms with Gasteiger partial charge >= 0.3 is 0 Å². The van der Waals surface area contributed by atoms with Crippen LogP contribution in [0.25, 0.3) is 0 Å². The van der Waals surface area contributed by atoms with E-state index < -0.39 is 0 Å². The maximum Gasteiger partial charge on any atom is 0.102 e. The first kappa shape index (κ1) is 11.8. The predicted octanol–water partition coefficient (Wildman–Crippen LogP) is 3.61. The molecule has 14 heavy (non-hydrogen) atoms. The summed E-state index contributed by atoms with van der Waals surface area (Å²) in [5.74, 6) is 0. The Morgan fingerprint density at radius 2 is 2.14 bits per heavy atom. The third-order valence-corrected chi connectivity index (χ3v) is 2.54. The van der Waals surface area contributed by atoms with E-state index in [1.165, 1.54) is 0 Å². The molecule has 1 N–H and O–H groups in total. The third-order valence-electron chi connectivity index (χ3n) is 1.97. The summed E-state index contributed by atoms with van der Waals surface area (Å²) >= 11 is 11.7. The van der Waals surface area contributed by atoms with Crippen molar-refractivity contribution in [3.05, 3.63) is 33.8 Å². The molecule has 0 saturated heterocycles. The lowest BCUT2D eigenvalue weighted by Crippen LogP contribution is -2.21. The monoisotopic (exact) mass is 235 g/mol. The largest absolute Gasteiger partial charge is 0.308 e. The Labute approximate surface area is 93.2 Å². The Bertz CT molecular complexity index is 304. The van der Waals surface area contributed by atoms with E-state index in [0.717, 1.165) is 5.56 Å². The van der Waals surface area contributed by atoms with E-state index in [0.29, 0.717) is 16.6 Å². The highest BCUT2D eigenvalue weighted by Gasteiger charge is 2.08. The molecule has 0 spiro atoms. The molecule has 1 atom stereocenters. The maximum absolute atomic E-state index is 11.9. The molecule has 1 rings (SSSR count).